The predicted molar refractivity (Wildman–Crippen MR) is 195 cm³/mol. The lowest BCUT2D eigenvalue weighted by Gasteiger charge is -2.48. The molecule has 45 heavy (non-hydrogen) atoms. The van der Waals surface area contributed by atoms with E-state index >= 15 is 0 Å². The number of nitrogens with two attached hydrogens (primary N) is 1. The summed E-state index contributed by atoms with van der Waals surface area (Å²) in [4.78, 5) is 20.3. The number of hydrogen-bond donors (Lipinski definition) is 1. The molecular formula is C39H52BrN3OS. The van der Waals surface area contributed by atoms with Crippen molar-refractivity contribution >= 4 is 38.2 Å². The number of piperidine rings is 1. The summed E-state index contributed by atoms with van der Waals surface area (Å²) in [6.07, 6.45) is 9.11. The Morgan fingerprint density at radius 3 is 2.11 bits per heavy atom. The summed E-state index contributed by atoms with van der Waals surface area (Å²) >= 11 is 5.17. The monoisotopic (exact) mass is 689 g/mol. The van der Waals surface area contributed by atoms with Crippen molar-refractivity contribution in [2.24, 2.45) is 5.73 Å². The number of rotatable bonds is 7. The van der Waals surface area contributed by atoms with Crippen LogP contribution in [0.4, 0.5) is 5.13 Å². The number of aryl methyl sites for hydroxylation is 1. The molecule has 242 valence electrons. The quantitative estimate of drug-likeness (QED) is 0.198. The van der Waals surface area contributed by atoms with E-state index in [1.165, 1.54) is 47.1 Å². The Hall–Kier alpha value is -2.02. The van der Waals surface area contributed by atoms with E-state index in [2.05, 4.69) is 105 Å². The maximum absolute atomic E-state index is 12.8. The molecule has 0 radical (unpaired) electrons. The molecule has 0 amide bonds. The molecule has 0 spiro atoms. The van der Waals surface area contributed by atoms with Gasteiger partial charge in [0, 0.05) is 35.6 Å². The van der Waals surface area contributed by atoms with Gasteiger partial charge in [0.05, 0.1) is 11.0 Å². The molecule has 0 bridgehead atoms. The molecule has 1 saturated heterocycles. The highest BCUT2D eigenvalue weighted by atomic mass is 79.9. The van der Waals surface area contributed by atoms with E-state index in [9.17, 15) is 4.79 Å². The first-order chi connectivity index (χ1) is 21.2. The van der Waals surface area contributed by atoms with Crippen molar-refractivity contribution in [3.05, 3.63) is 69.1 Å². The van der Waals surface area contributed by atoms with Gasteiger partial charge in [-0.3, -0.25) is 4.79 Å². The second-order valence-corrected chi connectivity index (χ2v) is 17.7. The highest BCUT2D eigenvalue weighted by molar-refractivity contribution is 9.09. The lowest BCUT2D eigenvalue weighted by atomic mass is 9.56. The number of carbonyl (C=O) groups is 1. The van der Waals surface area contributed by atoms with Gasteiger partial charge in [-0.2, -0.15) is 0 Å². The van der Waals surface area contributed by atoms with Crippen molar-refractivity contribution in [3.63, 3.8) is 0 Å². The number of carbonyl (C=O) groups excluding carboxylic acids is 1. The minimum Gasteiger partial charge on any atom is -0.348 e. The van der Waals surface area contributed by atoms with Gasteiger partial charge in [-0.15, -0.1) is 11.3 Å². The molecule has 6 heteroatoms. The lowest BCUT2D eigenvalue weighted by Crippen LogP contribution is -2.40. The molecule has 2 N–H and O–H groups in total. The first-order valence-electron chi connectivity index (χ1n) is 17.0. The minimum atomic E-state index is 0.0715. The van der Waals surface area contributed by atoms with Crippen molar-refractivity contribution in [3.8, 4) is 11.3 Å². The lowest BCUT2D eigenvalue weighted by molar-refractivity contribution is 0.102. The molecule has 1 aliphatic heterocycles. The summed E-state index contributed by atoms with van der Waals surface area (Å²) < 4.78 is 0. The fourth-order valence-electron chi connectivity index (χ4n) is 8.35. The predicted octanol–water partition coefficient (Wildman–Crippen LogP) is 9.76. The number of Topliss-reactive ketones (excluding diaryl/α,β-unsaturated/α-hetero) is 1. The smallest absolute Gasteiger partial charge is 0.185 e. The average Bonchev–Trinajstić information content (AvgIpc) is 3.51. The summed E-state index contributed by atoms with van der Waals surface area (Å²) in [5, 5.41) is 3.74. The Morgan fingerprint density at radius 2 is 1.49 bits per heavy atom. The highest BCUT2D eigenvalue weighted by Gasteiger charge is 2.44. The van der Waals surface area contributed by atoms with Crippen LogP contribution in [0.3, 0.4) is 0 Å². The van der Waals surface area contributed by atoms with Crippen LogP contribution in [0.1, 0.15) is 131 Å². The largest absolute Gasteiger partial charge is 0.348 e. The van der Waals surface area contributed by atoms with Crippen LogP contribution in [0.5, 0.6) is 0 Å². The zero-order chi connectivity index (χ0) is 32.4. The molecule has 3 aromatic rings. The molecule has 2 aromatic carbocycles. The van der Waals surface area contributed by atoms with Crippen LogP contribution in [0.25, 0.3) is 11.3 Å². The standard InChI is InChI=1S/C39H52BrN3OS/c1-25-20-32-31(22-28(25)34(44)23-40)37(4,5)13-15-39(32,7)17-16-38(6)14-12-36(2,3)30-21-26(8-9-29(30)38)33-24-45-35(42-33)43-18-10-27(41)11-19-43/h8-9,20-22,24,27H,10-19,23,41H2,1-7H3. The number of nitrogens with zero attached hydrogens (tertiary/aromatic N) is 2. The molecule has 6 rings (SSSR count). The van der Waals surface area contributed by atoms with E-state index in [1.54, 1.807) is 11.3 Å². The van der Waals surface area contributed by atoms with Crippen molar-refractivity contribution in [2.75, 3.05) is 23.3 Å². The summed E-state index contributed by atoms with van der Waals surface area (Å²) in [6.45, 7) is 18.7. The molecular weight excluding hydrogens is 638 g/mol. The van der Waals surface area contributed by atoms with Crippen molar-refractivity contribution in [1.82, 2.24) is 4.98 Å². The van der Waals surface area contributed by atoms with Gasteiger partial charge < -0.3 is 10.6 Å². The van der Waals surface area contributed by atoms with Crippen LogP contribution in [0, 0.1) is 6.92 Å². The van der Waals surface area contributed by atoms with Gasteiger partial charge in [-0.25, -0.2) is 4.98 Å². The number of halogens is 1. The van der Waals surface area contributed by atoms with Gasteiger partial charge in [0.1, 0.15) is 0 Å². The topological polar surface area (TPSA) is 59.2 Å². The third kappa shape index (κ3) is 6.09. The third-order valence-corrected chi connectivity index (χ3v) is 13.4. The van der Waals surface area contributed by atoms with E-state index in [-0.39, 0.29) is 27.4 Å². The van der Waals surface area contributed by atoms with Crippen molar-refractivity contribution in [1.29, 1.82) is 0 Å². The van der Waals surface area contributed by atoms with Gasteiger partial charge in [0.2, 0.25) is 0 Å². The molecule has 1 fully saturated rings. The number of ketones is 1. The second kappa shape index (κ2) is 11.9. The van der Waals surface area contributed by atoms with Gasteiger partial charge in [0.25, 0.3) is 0 Å². The van der Waals surface area contributed by atoms with E-state index in [0.29, 0.717) is 11.4 Å². The Bertz CT molecular complexity index is 1600. The summed E-state index contributed by atoms with van der Waals surface area (Å²) in [5.74, 6) is 0.178. The van der Waals surface area contributed by atoms with E-state index in [4.69, 9.17) is 10.7 Å². The average molecular weight is 691 g/mol. The van der Waals surface area contributed by atoms with Crippen LogP contribution >= 0.6 is 27.3 Å². The van der Waals surface area contributed by atoms with Gasteiger partial charge >= 0.3 is 0 Å². The Balaban J connectivity index is 1.29. The fourth-order valence-corrected chi connectivity index (χ4v) is 9.54. The molecule has 2 heterocycles. The minimum absolute atomic E-state index is 0.0715. The van der Waals surface area contributed by atoms with Gasteiger partial charge in [0.15, 0.2) is 10.9 Å². The second-order valence-electron chi connectivity index (χ2n) is 16.3. The number of alkyl halides is 1. The zero-order valence-corrected chi connectivity index (χ0v) is 30.9. The maximum Gasteiger partial charge on any atom is 0.185 e. The molecule has 4 nitrogen and oxygen atoms in total. The van der Waals surface area contributed by atoms with Crippen molar-refractivity contribution < 1.29 is 4.79 Å². The Labute approximate surface area is 283 Å². The van der Waals surface area contributed by atoms with E-state index in [0.717, 1.165) is 67.1 Å². The Kier molecular flexibility index (Phi) is 8.70. The molecule has 3 aliphatic rings. The molecule has 2 atom stereocenters. The number of hydrogen-bond acceptors (Lipinski definition) is 5. The number of benzene rings is 2. The van der Waals surface area contributed by atoms with Crippen LogP contribution in [-0.2, 0) is 21.7 Å². The molecule has 1 aromatic heterocycles. The Morgan fingerprint density at radius 1 is 0.889 bits per heavy atom. The first kappa shape index (κ1) is 32.9. The van der Waals surface area contributed by atoms with Gasteiger partial charge in [-0.1, -0.05) is 75.7 Å². The summed E-state index contributed by atoms with van der Waals surface area (Å²) in [6, 6.07) is 12.1. The normalized spacial score (nSPS) is 25.9. The van der Waals surface area contributed by atoms with Gasteiger partial charge in [-0.05, 0) is 120 Å². The maximum atomic E-state index is 12.8. The zero-order valence-electron chi connectivity index (χ0n) is 28.5. The molecule has 0 saturated carbocycles. The molecule has 2 unspecified atom stereocenters. The first-order valence-corrected chi connectivity index (χ1v) is 19.0. The summed E-state index contributed by atoms with van der Waals surface area (Å²) in [7, 11) is 0. The number of aromatic nitrogens is 1. The van der Waals surface area contributed by atoms with Crippen LogP contribution < -0.4 is 10.6 Å². The van der Waals surface area contributed by atoms with Crippen LogP contribution in [-0.4, -0.2) is 35.2 Å². The summed E-state index contributed by atoms with van der Waals surface area (Å²) in [5.41, 5.74) is 16.8. The fraction of sp³-hybridized carbons (Fsp3) is 0.590. The third-order valence-electron chi connectivity index (χ3n) is 12.0. The van der Waals surface area contributed by atoms with Crippen LogP contribution in [0.15, 0.2) is 35.7 Å². The van der Waals surface area contributed by atoms with Crippen molar-refractivity contribution in [2.45, 2.75) is 128 Å². The van der Waals surface area contributed by atoms with Crippen LogP contribution in [0.2, 0.25) is 0 Å². The van der Waals surface area contributed by atoms with E-state index in [1.807, 2.05) is 0 Å². The number of anilines is 1. The highest BCUT2D eigenvalue weighted by Crippen LogP contribution is 2.53. The SMILES string of the molecule is Cc1cc2c(cc1C(=O)CBr)C(C)(C)CCC2(C)CCC1(C)CCC(C)(C)c2cc(-c3csc(N4CCC(N)CC4)n3)ccc21. The molecule has 2 aliphatic carbocycles. The number of thiazole rings is 1. The van der Waals surface area contributed by atoms with E-state index < -0.39 is 0 Å². The number of fused-ring (bicyclic) bond motifs is 2.